The zero-order valence-corrected chi connectivity index (χ0v) is 13.3. The van der Waals surface area contributed by atoms with Crippen LogP contribution in [0.1, 0.15) is 32.3 Å². The lowest BCUT2D eigenvalue weighted by Gasteiger charge is -2.36. The van der Waals surface area contributed by atoms with E-state index < -0.39 is 0 Å². The lowest BCUT2D eigenvalue weighted by atomic mass is 9.91. The van der Waals surface area contributed by atoms with Crippen molar-refractivity contribution >= 4 is 17.4 Å². The number of aliphatic hydroxyl groups is 1. The molecule has 0 aliphatic carbocycles. The first-order valence-electron chi connectivity index (χ1n) is 7.55. The van der Waals surface area contributed by atoms with E-state index in [4.69, 9.17) is 5.73 Å². The summed E-state index contributed by atoms with van der Waals surface area (Å²) in [4.78, 5) is 3.74. The highest BCUT2D eigenvalue weighted by Crippen LogP contribution is 2.33. The Bertz CT molecular complexity index is 428. The molecule has 2 rings (SSSR count). The first kappa shape index (κ1) is 15.7. The maximum atomic E-state index is 9.71. The van der Waals surface area contributed by atoms with Crippen molar-refractivity contribution in [2.24, 2.45) is 11.7 Å². The standard InChI is InChI=1S/C16H26N2OS/c1-3-20-16-6-4-5-15(14(16)11-17)18-9-7-13(8-10-18)12(2)19/h4-6,12-13,19H,3,7-11,17H2,1-2H3. The minimum absolute atomic E-state index is 0.187. The fraction of sp³-hybridized carbons (Fsp3) is 0.625. The Labute approximate surface area is 126 Å². The third kappa shape index (κ3) is 3.48. The summed E-state index contributed by atoms with van der Waals surface area (Å²) in [7, 11) is 0. The van der Waals surface area contributed by atoms with Crippen LogP contribution in [0.4, 0.5) is 5.69 Å². The molecule has 1 unspecified atom stereocenters. The van der Waals surface area contributed by atoms with Gasteiger partial charge in [-0.1, -0.05) is 13.0 Å². The van der Waals surface area contributed by atoms with Crippen molar-refractivity contribution in [2.75, 3.05) is 23.7 Å². The molecule has 0 spiro atoms. The number of hydrogen-bond acceptors (Lipinski definition) is 4. The number of nitrogens with two attached hydrogens (primary N) is 1. The quantitative estimate of drug-likeness (QED) is 0.820. The van der Waals surface area contributed by atoms with Gasteiger partial charge in [-0.25, -0.2) is 0 Å². The highest BCUT2D eigenvalue weighted by Gasteiger charge is 2.24. The van der Waals surface area contributed by atoms with Crippen molar-refractivity contribution in [3.8, 4) is 0 Å². The average molecular weight is 294 g/mol. The van der Waals surface area contributed by atoms with E-state index in [9.17, 15) is 5.11 Å². The van der Waals surface area contributed by atoms with E-state index in [0.717, 1.165) is 31.7 Å². The van der Waals surface area contributed by atoms with Crippen LogP contribution >= 0.6 is 11.8 Å². The predicted octanol–water partition coefficient (Wildman–Crippen LogP) is 2.85. The second-order valence-electron chi connectivity index (χ2n) is 5.46. The molecule has 1 aromatic carbocycles. The van der Waals surface area contributed by atoms with Crippen LogP contribution in [0.5, 0.6) is 0 Å². The van der Waals surface area contributed by atoms with E-state index in [0.29, 0.717) is 12.5 Å². The molecule has 3 N–H and O–H groups in total. The normalized spacial score (nSPS) is 18.3. The third-order valence-electron chi connectivity index (χ3n) is 4.17. The van der Waals surface area contributed by atoms with Crippen molar-refractivity contribution in [1.29, 1.82) is 0 Å². The Kier molecular flexibility index (Phi) is 5.75. The molecule has 4 heteroatoms. The maximum absolute atomic E-state index is 9.71. The summed E-state index contributed by atoms with van der Waals surface area (Å²) < 4.78 is 0. The molecule has 1 saturated heterocycles. The van der Waals surface area contributed by atoms with Gasteiger partial charge in [0.25, 0.3) is 0 Å². The molecule has 1 aliphatic rings. The van der Waals surface area contributed by atoms with Gasteiger partial charge < -0.3 is 15.7 Å². The SMILES string of the molecule is CCSc1cccc(N2CCC(C(C)O)CC2)c1CN. The Hall–Kier alpha value is -0.710. The van der Waals surface area contributed by atoms with Crippen molar-refractivity contribution < 1.29 is 5.11 Å². The van der Waals surface area contributed by atoms with Crippen molar-refractivity contribution in [1.82, 2.24) is 0 Å². The van der Waals surface area contributed by atoms with Gasteiger partial charge in [-0.15, -0.1) is 11.8 Å². The molecular formula is C16H26N2OS. The first-order valence-corrected chi connectivity index (χ1v) is 8.53. The summed E-state index contributed by atoms with van der Waals surface area (Å²) >= 11 is 1.86. The monoisotopic (exact) mass is 294 g/mol. The molecule has 112 valence electrons. The molecule has 0 bridgehead atoms. The van der Waals surface area contributed by atoms with Crippen molar-refractivity contribution in [3.05, 3.63) is 23.8 Å². The van der Waals surface area contributed by atoms with Crippen LogP contribution in [0.25, 0.3) is 0 Å². The molecule has 3 nitrogen and oxygen atoms in total. The highest BCUT2D eigenvalue weighted by atomic mass is 32.2. The molecule has 0 radical (unpaired) electrons. The molecule has 0 saturated carbocycles. The zero-order valence-electron chi connectivity index (χ0n) is 12.5. The summed E-state index contributed by atoms with van der Waals surface area (Å²) in [6.45, 7) is 6.70. The summed E-state index contributed by atoms with van der Waals surface area (Å²) in [5, 5.41) is 9.71. The topological polar surface area (TPSA) is 49.5 Å². The first-order chi connectivity index (χ1) is 9.67. The fourth-order valence-corrected chi connectivity index (χ4v) is 3.82. The van der Waals surface area contributed by atoms with Crippen LogP contribution in [-0.2, 0) is 6.54 Å². The van der Waals surface area contributed by atoms with Crippen LogP contribution in [0.3, 0.4) is 0 Å². The largest absolute Gasteiger partial charge is 0.393 e. The van der Waals surface area contributed by atoms with Crippen LogP contribution < -0.4 is 10.6 Å². The van der Waals surface area contributed by atoms with Crippen molar-refractivity contribution in [3.63, 3.8) is 0 Å². The molecular weight excluding hydrogens is 268 g/mol. The molecule has 1 atom stereocenters. The van der Waals surface area contributed by atoms with E-state index in [1.807, 2.05) is 18.7 Å². The summed E-state index contributed by atoms with van der Waals surface area (Å²) in [5.74, 6) is 1.52. The van der Waals surface area contributed by atoms with Gasteiger partial charge in [-0.2, -0.15) is 0 Å². The van der Waals surface area contributed by atoms with Crippen LogP contribution in [0.15, 0.2) is 23.1 Å². The highest BCUT2D eigenvalue weighted by molar-refractivity contribution is 7.99. The van der Waals surface area contributed by atoms with E-state index in [-0.39, 0.29) is 6.10 Å². The lowest BCUT2D eigenvalue weighted by Crippen LogP contribution is -2.37. The van der Waals surface area contributed by atoms with Gasteiger partial charge in [0.05, 0.1) is 6.10 Å². The lowest BCUT2D eigenvalue weighted by molar-refractivity contribution is 0.110. The van der Waals surface area contributed by atoms with Gasteiger partial charge in [-0.3, -0.25) is 0 Å². The van der Waals surface area contributed by atoms with Gasteiger partial charge in [0.2, 0.25) is 0 Å². The number of benzene rings is 1. The second kappa shape index (κ2) is 7.34. The zero-order chi connectivity index (χ0) is 14.5. The van der Waals surface area contributed by atoms with Gasteiger partial charge in [0, 0.05) is 35.8 Å². The van der Waals surface area contributed by atoms with Gasteiger partial charge >= 0.3 is 0 Å². The van der Waals surface area contributed by atoms with Crippen molar-refractivity contribution in [2.45, 2.75) is 44.2 Å². The number of thioether (sulfide) groups is 1. The van der Waals surface area contributed by atoms with Gasteiger partial charge in [0.15, 0.2) is 0 Å². The molecule has 1 heterocycles. The van der Waals surface area contributed by atoms with E-state index >= 15 is 0 Å². The third-order valence-corrected chi connectivity index (χ3v) is 5.16. The summed E-state index contributed by atoms with van der Waals surface area (Å²) in [5.41, 5.74) is 8.54. The number of anilines is 1. The van der Waals surface area contributed by atoms with Gasteiger partial charge in [-0.05, 0) is 43.6 Å². The number of aliphatic hydroxyl groups excluding tert-OH is 1. The smallest absolute Gasteiger partial charge is 0.0541 e. The van der Waals surface area contributed by atoms with E-state index in [1.165, 1.54) is 16.1 Å². The Morgan fingerprint density at radius 3 is 2.65 bits per heavy atom. The van der Waals surface area contributed by atoms with E-state index in [2.05, 4.69) is 30.0 Å². The minimum atomic E-state index is -0.187. The number of hydrogen-bond donors (Lipinski definition) is 2. The molecule has 1 aromatic rings. The molecule has 20 heavy (non-hydrogen) atoms. The summed E-state index contributed by atoms with van der Waals surface area (Å²) in [6.07, 6.45) is 1.94. The Morgan fingerprint density at radius 2 is 2.10 bits per heavy atom. The second-order valence-corrected chi connectivity index (χ2v) is 6.76. The molecule has 0 aromatic heterocycles. The average Bonchev–Trinajstić information content (AvgIpc) is 2.47. The molecule has 0 amide bonds. The fourth-order valence-electron chi connectivity index (χ4n) is 2.97. The van der Waals surface area contributed by atoms with Crippen LogP contribution in [0, 0.1) is 5.92 Å². The predicted molar refractivity (Wildman–Crippen MR) is 87.3 cm³/mol. The Morgan fingerprint density at radius 1 is 1.40 bits per heavy atom. The summed E-state index contributed by atoms with van der Waals surface area (Å²) in [6, 6.07) is 6.49. The van der Waals surface area contributed by atoms with E-state index in [1.54, 1.807) is 0 Å². The van der Waals surface area contributed by atoms with Crippen LogP contribution in [0.2, 0.25) is 0 Å². The number of rotatable bonds is 5. The number of piperidine rings is 1. The maximum Gasteiger partial charge on any atom is 0.0541 e. The minimum Gasteiger partial charge on any atom is -0.393 e. The molecule has 1 fully saturated rings. The Balaban J connectivity index is 2.15. The van der Waals surface area contributed by atoms with Gasteiger partial charge in [0.1, 0.15) is 0 Å². The van der Waals surface area contributed by atoms with Crippen LogP contribution in [-0.4, -0.2) is 30.1 Å². The number of nitrogens with zero attached hydrogens (tertiary/aromatic N) is 1. The molecule has 1 aliphatic heterocycles.